The highest BCUT2D eigenvalue weighted by Gasteiger charge is 2.31. The molecule has 28 heavy (non-hydrogen) atoms. The average molecular weight is 424 g/mol. The maximum absolute atomic E-state index is 12.3. The third kappa shape index (κ3) is 4.90. The summed E-state index contributed by atoms with van der Waals surface area (Å²) in [5, 5.41) is 15.8. The minimum absolute atomic E-state index is 0. The number of hydrogen-bond acceptors (Lipinski definition) is 5. The molecule has 2 heterocycles. The first-order valence-corrected chi connectivity index (χ1v) is 10.2. The lowest BCUT2D eigenvalue weighted by Crippen LogP contribution is -2.45. The van der Waals surface area contributed by atoms with Crippen molar-refractivity contribution in [2.24, 2.45) is 0 Å². The Bertz CT molecular complexity index is 809. The van der Waals surface area contributed by atoms with Crippen molar-refractivity contribution in [3.05, 3.63) is 61.8 Å². The standard InChI is InChI=1S/C20H25N3O3S.ClH/c1-3-4-18-13-16-9-12-27-19(16)14(2)22(18)11-10-21-20(24)15-5-7-17(8-6-15)23(25)26;/h5-9,12,14,18H,3-4,10-11,13H2,1-2H3,(H,21,24);1H/t14-,18+;/m0./s1. The normalized spacial score (nSPS) is 18.8. The van der Waals surface area contributed by atoms with Gasteiger partial charge in [-0.2, -0.15) is 0 Å². The number of fused-ring (bicyclic) bond motifs is 1. The monoisotopic (exact) mass is 423 g/mol. The molecule has 0 radical (unpaired) electrons. The summed E-state index contributed by atoms with van der Waals surface area (Å²) < 4.78 is 0. The second-order valence-electron chi connectivity index (χ2n) is 6.93. The maximum atomic E-state index is 12.3. The van der Waals surface area contributed by atoms with Crippen LogP contribution in [0.4, 0.5) is 5.69 Å². The van der Waals surface area contributed by atoms with E-state index in [0.717, 1.165) is 25.8 Å². The number of halogens is 1. The van der Waals surface area contributed by atoms with Crippen molar-refractivity contribution in [2.45, 2.75) is 45.2 Å². The van der Waals surface area contributed by atoms with Gasteiger partial charge in [0.15, 0.2) is 0 Å². The highest BCUT2D eigenvalue weighted by atomic mass is 35.5. The van der Waals surface area contributed by atoms with Crippen LogP contribution in [0.3, 0.4) is 0 Å². The third-order valence-electron chi connectivity index (χ3n) is 5.20. The molecule has 6 nitrogen and oxygen atoms in total. The summed E-state index contributed by atoms with van der Waals surface area (Å²) >= 11 is 1.81. The maximum Gasteiger partial charge on any atom is 0.269 e. The molecule has 0 aliphatic carbocycles. The van der Waals surface area contributed by atoms with Crippen LogP contribution in [0.1, 0.15) is 53.5 Å². The van der Waals surface area contributed by atoms with Crippen LogP contribution >= 0.6 is 23.7 Å². The highest BCUT2D eigenvalue weighted by molar-refractivity contribution is 7.10. The van der Waals surface area contributed by atoms with Crippen molar-refractivity contribution >= 4 is 35.3 Å². The van der Waals surface area contributed by atoms with Crippen LogP contribution in [0.2, 0.25) is 0 Å². The lowest BCUT2D eigenvalue weighted by Gasteiger charge is -2.40. The van der Waals surface area contributed by atoms with Gasteiger partial charge in [-0.3, -0.25) is 19.8 Å². The van der Waals surface area contributed by atoms with E-state index in [4.69, 9.17) is 0 Å². The van der Waals surface area contributed by atoms with Crippen LogP contribution in [0.15, 0.2) is 35.7 Å². The molecular formula is C20H26ClN3O3S. The molecule has 0 bridgehead atoms. The quantitative estimate of drug-likeness (QED) is 0.521. The van der Waals surface area contributed by atoms with Crippen LogP contribution in [0.5, 0.6) is 0 Å². The number of thiophene rings is 1. The van der Waals surface area contributed by atoms with E-state index in [1.807, 2.05) is 11.3 Å². The Balaban J connectivity index is 0.00000280. The summed E-state index contributed by atoms with van der Waals surface area (Å²) in [5.74, 6) is -0.196. The fourth-order valence-electron chi connectivity index (χ4n) is 3.83. The number of carbonyl (C=O) groups is 1. The van der Waals surface area contributed by atoms with Gasteiger partial charge in [0.05, 0.1) is 4.92 Å². The number of non-ortho nitro benzene ring substituents is 1. The van der Waals surface area contributed by atoms with Crippen molar-refractivity contribution in [3.63, 3.8) is 0 Å². The Labute approximate surface area is 175 Å². The molecule has 0 spiro atoms. The molecule has 0 fully saturated rings. The number of nitro groups is 1. The number of amides is 1. The van der Waals surface area contributed by atoms with Crippen molar-refractivity contribution < 1.29 is 9.72 Å². The first kappa shape index (κ1) is 22.3. The van der Waals surface area contributed by atoms with E-state index < -0.39 is 4.92 Å². The van der Waals surface area contributed by atoms with Gasteiger partial charge in [0.25, 0.3) is 11.6 Å². The Morgan fingerprint density at radius 3 is 2.68 bits per heavy atom. The number of nitrogens with one attached hydrogen (secondary N) is 1. The largest absolute Gasteiger partial charge is 0.351 e. The number of hydrogen-bond donors (Lipinski definition) is 1. The zero-order valence-corrected chi connectivity index (χ0v) is 17.7. The molecular weight excluding hydrogens is 398 g/mol. The summed E-state index contributed by atoms with van der Waals surface area (Å²) in [6.45, 7) is 5.81. The predicted octanol–water partition coefficient (Wildman–Crippen LogP) is 4.60. The molecule has 1 aliphatic heterocycles. The molecule has 0 saturated heterocycles. The lowest BCUT2D eigenvalue weighted by molar-refractivity contribution is -0.384. The van der Waals surface area contributed by atoms with E-state index in [2.05, 4.69) is 35.5 Å². The Kier molecular flexibility index (Phi) is 7.98. The predicted molar refractivity (Wildman–Crippen MR) is 115 cm³/mol. The Morgan fingerprint density at radius 1 is 1.32 bits per heavy atom. The topological polar surface area (TPSA) is 75.5 Å². The van der Waals surface area contributed by atoms with E-state index in [9.17, 15) is 14.9 Å². The molecule has 152 valence electrons. The van der Waals surface area contributed by atoms with Crippen molar-refractivity contribution in [1.82, 2.24) is 10.2 Å². The molecule has 0 saturated carbocycles. The van der Waals surface area contributed by atoms with Gasteiger partial charge in [0.2, 0.25) is 0 Å². The van der Waals surface area contributed by atoms with Gasteiger partial charge >= 0.3 is 0 Å². The van der Waals surface area contributed by atoms with Gasteiger partial charge in [0, 0.05) is 47.7 Å². The Hall–Kier alpha value is -1.96. The van der Waals surface area contributed by atoms with Crippen molar-refractivity contribution in [2.75, 3.05) is 13.1 Å². The highest BCUT2D eigenvalue weighted by Crippen LogP contribution is 2.37. The molecule has 1 aliphatic rings. The second-order valence-corrected chi connectivity index (χ2v) is 7.88. The lowest BCUT2D eigenvalue weighted by atomic mass is 9.93. The molecule has 2 aromatic rings. The van der Waals surface area contributed by atoms with Gasteiger partial charge in [-0.05, 0) is 48.9 Å². The molecule has 1 aromatic heterocycles. The third-order valence-corrected chi connectivity index (χ3v) is 6.33. The summed E-state index contributed by atoms with van der Waals surface area (Å²) in [5.41, 5.74) is 1.90. The van der Waals surface area contributed by atoms with Crippen LogP contribution in [-0.4, -0.2) is 34.9 Å². The van der Waals surface area contributed by atoms with Crippen LogP contribution in [-0.2, 0) is 6.42 Å². The molecule has 1 N–H and O–H groups in total. The summed E-state index contributed by atoms with van der Waals surface area (Å²) in [6, 6.07) is 8.82. The molecule has 8 heteroatoms. The molecule has 1 amide bonds. The van der Waals surface area contributed by atoms with Crippen molar-refractivity contribution in [1.29, 1.82) is 0 Å². The summed E-state index contributed by atoms with van der Waals surface area (Å²) in [4.78, 5) is 26.5. The van der Waals surface area contributed by atoms with E-state index in [1.54, 1.807) is 0 Å². The van der Waals surface area contributed by atoms with Crippen molar-refractivity contribution in [3.8, 4) is 0 Å². The van der Waals surface area contributed by atoms with Crippen LogP contribution in [0.25, 0.3) is 0 Å². The number of nitro benzene ring substituents is 1. The van der Waals surface area contributed by atoms with E-state index in [1.165, 1.54) is 34.7 Å². The van der Waals surface area contributed by atoms with Gasteiger partial charge in [-0.25, -0.2) is 0 Å². The smallest absolute Gasteiger partial charge is 0.269 e. The Morgan fingerprint density at radius 2 is 2.04 bits per heavy atom. The first-order chi connectivity index (χ1) is 13.0. The molecule has 1 aromatic carbocycles. The van der Waals surface area contributed by atoms with Crippen LogP contribution < -0.4 is 5.32 Å². The number of carbonyl (C=O) groups excluding carboxylic acids is 1. The van der Waals surface area contributed by atoms with Gasteiger partial charge in [0.1, 0.15) is 0 Å². The average Bonchev–Trinajstić information content (AvgIpc) is 3.13. The zero-order chi connectivity index (χ0) is 19.4. The zero-order valence-electron chi connectivity index (χ0n) is 16.1. The van der Waals surface area contributed by atoms with Gasteiger partial charge in [-0.15, -0.1) is 23.7 Å². The van der Waals surface area contributed by atoms with Gasteiger partial charge in [-0.1, -0.05) is 13.3 Å². The van der Waals surface area contributed by atoms with Gasteiger partial charge < -0.3 is 5.32 Å². The van der Waals surface area contributed by atoms with Crippen LogP contribution in [0, 0.1) is 10.1 Å². The SMILES string of the molecule is CCC[C@@H]1Cc2ccsc2[C@H](C)N1CCNC(=O)c1ccc([N+](=O)[O-])cc1.Cl. The fraction of sp³-hybridized carbons (Fsp3) is 0.450. The van der Waals surface area contributed by atoms with E-state index >= 15 is 0 Å². The molecule has 0 unspecified atom stereocenters. The second kappa shape index (κ2) is 10.0. The summed E-state index contributed by atoms with van der Waals surface area (Å²) in [7, 11) is 0. The minimum atomic E-state index is -0.466. The fourth-order valence-corrected chi connectivity index (χ4v) is 4.85. The first-order valence-electron chi connectivity index (χ1n) is 9.36. The number of nitrogens with zero attached hydrogens (tertiary/aromatic N) is 2. The molecule has 2 atom stereocenters. The van der Waals surface area contributed by atoms with E-state index in [-0.39, 0.29) is 24.0 Å². The number of benzene rings is 1. The number of rotatable bonds is 7. The molecule has 3 rings (SSSR count). The minimum Gasteiger partial charge on any atom is -0.351 e. The summed E-state index contributed by atoms with van der Waals surface area (Å²) in [6.07, 6.45) is 3.37. The van der Waals surface area contributed by atoms with E-state index in [0.29, 0.717) is 24.2 Å².